The number of carbonyl (C=O) groups is 1. The maximum absolute atomic E-state index is 12.8. The summed E-state index contributed by atoms with van der Waals surface area (Å²) in [5.74, 6) is -0.0335. The lowest BCUT2D eigenvalue weighted by Gasteiger charge is -2.23. The molecule has 0 aromatic heterocycles. The van der Waals surface area contributed by atoms with Crippen LogP contribution in [0.3, 0.4) is 0 Å². The standard InChI is InChI=1S/C16H20ClN3O/c1-2-9-19-15-7-4-12(17)11-14(15)16(21)20(10-3-8-18)13-5-6-13/h4,7,11,13,19H,2-3,5-6,9-10H2,1H3. The molecule has 1 aromatic rings. The van der Waals surface area contributed by atoms with E-state index in [1.807, 2.05) is 11.0 Å². The number of hydrogen-bond acceptors (Lipinski definition) is 3. The Morgan fingerprint density at radius 3 is 2.90 bits per heavy atom. The van der Waals surface area contributed by atoms with Crippen LogP contribution in [0.5, 0.6) is 0 Å². The fourth-order valence-electron chi connectivity index (χ4n) is 2.27. The molecule has 1 aliphatic rings. The van der Waals surface area contributed by atoms with E-state index in [4.69, 9.17) is 16.9 Å². The highest BCUT2D eigenvalue weighted by molar-refractivity contribution is 6.31. The van der Waals surface area contributed by atoms with Gasteiger partial charge >= 0.3 is 0 Å². The summed E-state index contributed by atoms with van der Waals surface area (Å²) in [4.78, 5) is 14.6. The fourth-order valence-corrected chi connectivity index (χ4v) is 2.44. The molecule has 1 fully saturated rings. The lowest BCUT2D eigenvalue weighted by Crippen LogP contribution is -2.34. The van der Waals surface area contributed by atoms with Gasteiger partial charge < -0.3 is 10.2 Å². The Labute approximate surface area is 130 Å². The molecule has 5 heteroatoms. The highest BCUT2D eigenvalue weighted by Gasteiger charge is 2.33. The van der Waals surface area contributed by atoms with E-state index in [1.165, 1.54) is 0 Å². The molecule has 0 aliphatic heterocycles. The van der Waals surface area contributed by atoms with Crippen molar-refractivity contribution in [3.8, 4) is 6.07 Å². The molecule has 2 rings (SSSR count). The van der Waals surface area contributed by atoms with Crippen molar-refractivity contribution in [1.29, 1.82) is 5.26 Å². The smallest absolute Gasteiger partial charge is 0.256 e. The number of nitrogens with one attached hydrogen (secondary N) is 1. The zero-order chi connectivity index (χ0) is 15.2. The maximum Gasteiger partial charge on any atom is 0.256 e. The zero-order valence-corrected chi connectivity index (χ0v) is 13.0. The van der Waals surface area contributed by atoms with Crippen LogP contribution in [-0.4, -0.2) is 29.9 Å². The minimum atomic E-state index is -0.0335. The first kappa shape index (κ1) is 15.7. The largest absolute Gasteiger partial charge is 0.384 e. The first-order valence-electron chi connectivity index (χ1n) is 7.38. The van der Waals surface area contributed by atoms with Crippen LogP contribution in [0, 0.1) is 11.3 Å². The summed E-state index contributed by atoms with van der Waals surface area (Å²) in [5.41, 5.74) is 1.41. The molecular weight excluding hydrogens is 286 g/mol. The fraction of sp³-hybridized carbons (Fsp3) is 0.500. The molecule has 21 heavy (non-hydrogen) atoms. The molecule has 1 aliphatic carbocycles. The molecular formula is C16H20ClN3O. The number of carbonyl (C=O) groups excluding carboxylic acids is 1. The molecule has 0 radical (unpaired) electrons. The Kier molecular flexibility index (Phi) is 5.46. The van der Waals surface area contributed by atoms with Crippen molar-refractivity contribution < 1.29 is 4.79 Å². The van der Waals surface area contributed by atoms with Crippen molar-refractivity contribution in [2.45, 2.75) is 38.6 Å². The van der Waals surface area contributed by atoms with Gasteiger partial charge in [-0.15, -0.1) is 0 Å². The number of rotatable bonds is 7. The number of halogens is 1. The van der Waals surface area contributed by atoms with Crippen molar-refractivity contribution in [3.05, 3.63) is 28.8 Å². The summed E-state index contributed by atoms with van der Waals surface area (Å²) >= 11 is 6.05. The summed E-state index contributed by atoms with van der Waals surface area (Å²) in [5, 5.41) is 12.6. The monoisotopic (exact) mass is 305 g/mol. The van der Waals surface area contributed by atoms with Crippen LogP contribution in [-0.2, 0) is 0 Å². The van der Waals surface area contributed by atoms with Crippen molar-refractivity contribution in [3.63, 3.8) is 0 Å². The number of benzene rings is 1. The van der Waals surface area contributed by atoms with Gasteiger partial charge in [0, 0.05) is 29.8 Å². The van der Waals surface area contributed by atoms with E-state index < -0.39 is 0 Å². The van der Waals surface area contributed by atoms with Gasteiger partial charge in [-0.3, -0.25) is 4.79 Å². The van der Waals surface area contributed by atoms with E-state index in [0.29, 0.717) is 23.6 Å². The first-order chi connectivity index (χ1) is 10.2. The molecule has 1 aromatic carbocycles. The van der Waals surface area contributed by atoms with Gasteiger partial charge in [0.1, 0.15) is 0 Å². The molecule has 4 nitrogen and oxygen atoms in total. The number of hydrogen-bond donors (Lipinski definition) is 1. The molecule has 1 N–H and O–H groups in total. The molecule has 0 saturated heterocycles. The molecule has 1 amide bonds. The van der Waals surface area contributed by atoms with E-state index in [1.54, 1.807) is 12.1 Å². The van der Waals surface area contributed by atoms with Gasteiger partial charge in [0.2, 0.25) is 0 Å². The van der Waals surface area contributed by atoms with Crippen LogP contribution in [0.2, 0.25) is 5.02 Å². The van der Waals surface area contributed by atoms with Crippen molar-refractivity contribution in [2.75, 3.05) is 18.4 Å². The van der Waals surface area contributed by atoms with E-state index in [2.05, 4.69) is 18.3 Å². The molecule has 0 spiro atoms. The topological polar surface area (TPSA) is 56.1 Å². The van der Waals surface area contributed by atoms with E-state index in [0.717, 1.165) is 31.5 Å². The third-order valence-electron chi connectivity index (χ3n) is 3.49. The Bertz CT molecular complexity index is 549. The quantitative estimate of drug-likeness (QED) is 0.836. The minimum Gasteiger partial charge on any atom is -0.384 e. The summed E-state index contributed by atoms with van der Waals surface area (Å²) in [7, 11) is 0. The summed E-state index contributed by atoms with van der Waals surface area (Å²) in [6, 6.07) is 7.74. The predicted molar refractivity (Wildman–Crippen MR) is 84.5 cm³/mol. The third-order valence-corrected chi connectivity index (χ3v) is 3.73. The summed E-state index contributed by atoms with van der Waals surface area (Å²) < 4.78 is 0. The Morgan fingerprint density at radius 1 is 1.52 bits per heavy atom. The SMILES string of the molecule is CCCNc1ccc(Cl)cc1C(=O)N(CCC#N)C1CC1. The normalized spacial score (nSPS) is 13.6. The third kappa shape index (κ3) is 4.12. The van der Waals surface area contributed by atoms with Crippen LogP contribution >= 0.6 is 11.6 Å². The molecule has 0 atom stereocenters. The Hall–Kier alpha value is -1.73. The summed E-state index contributed by atoms with van der Waals surface area (Å²) in [6.45, 7) is 3.37. The van der Waals surface area contributed by atoms with E-state index in [-0.39, 0.29) is 11.9 Å². The highest BCUT2D eigenvalue weighted by Crippen LogP contribution is 2.30. The second kappa shape index (κ2) is 7.33. The molecule has 0 bridgehead atoms. The molecule has 0 unspecified atom stereocenters. The number of anilines is 1. The average Bonchev–Trinajstić information content (AvgIpc) is 3.31. The van der Waals surface area contributed by atoms with Gasteiger partial charge in [-0.25, -0.2) is 0 Å². The molecule has 1 saturated carbocycles. The van der Waals surface area contributed by atoms with Gasteiger partial charge in [0.25, 0.3) is 5.91 Å². The van der Waals surface area contributed by atoms with Gasteiger partial charge in [-0.1, -0.05) is 18.5 Å². The van der Waals surface area contributed by atoms with Crippen LogP contribution < -0.4 is 5.32 Å². The lowest BCUT2D eigenvalue weighted by molar-refractivity contribution is 0.0748. The maximum atomic E-state index is 12.8. The highest BCUT2D eigenvalue weighted by atomic mass is 35.5. The van der Waals surface area contributed by atoms with Gasteiger partial charge in [0.15, 0.2) is 0 Å². The van der Waals surface area contributed by atoms with Gasteiger partial charge in [-0.2, -0.15) is 5.26 Å². The van der Waals surface area contributed by atoms with Crippen molar-refractivity contribution >= 4 is 23.2 Å². The predicted octanol–water partition coefficient (Wildman–Crippen LogP) is 3.68. The number of amides is 1. The number of nitriles is 1. The molecule has 112 valence electrons. The van der Waals surface area contributed by atoms with Crippen LogP contribution in [0.15, 0.2) is 18.2 Å². The first-order valence-corrected chi connectivity index (χ1v) is 7.76. The van der Waals surface area contributed by atoms with Gasteiger partial charge in [-0.05, 0) is 37.5 Å². The Morgan fingerprint density at radius 2 is 2.29 bits per heavy atom. The van der Waals surface area contributed by atoms with Crippen LogP contribution in [0.4, 0.5) is 5.69 Å². The second-order valence-electron chi connectivity index (χ2n) is 5.25. The summed E-state index contributed by atoms with van der Waals surface area (Å²) in [6.07, 6.45) is 3.39. The van der Waals surface area contributed by atoms with E-state index in [9.17, 15) is 4.79 Å². The van der Waals surface area contributed by atoms with Crippen molar-refractivity contribution in [1.82, 2.24) is 4.90 Å². The zero-order valence-electron chi connectivity index (χ0n) is 12.2. The van der Waals surface area contributed by atoms with Crippen LogP contribution in [0.1, 0.15) is 43.0 Å². The van der Waals surface area contributed by atoms with Gasteiger partial charge in [0.05, 0.1) is 18.1 Å². The van der Waals surface area contributed by atoms with E-state index >= 15 is 0 Å². The van der Waals surface area contributed by atoms with Crippen LogP contribution in [0.25, 0.3) is 0 Å². The lowest BCUT2D eigenvalue weighted by atomic mass is 10.1. The average molecular weight is 306 g/mol. The second-order valence-corrected chi connectivity index (χ2v) is 5.69. The Balaban J connectivity index is 2.23. The molecule has 0 heterocycles. The van der Waals surface area contributed by atoms with Crippen molar-refractivity contribution in [2.24, 2.45) is 0 Å². The number of nitrogens with zero attached hydrogens (tertiary/aromatic N) is 2. The minimum absolute atomic E-state index is 0.0335.